The number of hydrogen-bond donors (Lipinski definition) is 0. The van der Waals surface area contributed by atoms with Gasteiger partial charge in [0.05, 0.1) is 12.0 Å². The molecule has 2 rings (SSSR count). The van der Waals surface area contributed by atoms with Gasteiger partial charge in [0.25, 0.3) is 0 Å². The molecule has 62 valence electrons. The van der Waals surface area contributed by atoms with Crippen LogP contribution in [0.25, 0.3) is 0 Å². The van der Waals surface area contributed by atoms with Crippen molar-refractivity contribution < 1.29 is 9.13 Å². The van der Waals surface area contributed by atoms with Gasteiger partial charge in [0.2, 0.25) is 0 Å². The van der Waals surface area contributed by atoms with Gasteiger partial charge in [-0.05, 0) is 19.8 Å². The quantitative estimate of drug-likeness (QED) is 0.566. The summed E-state index contributed by atoms with van der Waals surface area (Å²) in [6, 6.07) is 0. The van der Waals surface area contributed by atoms with Gasteiger partial charge in [-0.25, -0.2) is 4.39 Å². The lowest BCUT2D eigenvalue weighted by Crippen LogP contribution is -2.46. The molecule has 0 saturated heterocycles. The van der Waals surface area contributed by atoms with Crippen LogP contribution in [0.4, 0.5) is 4.39 Å². The first-order chi connectivity index (χ1) is 5.23. The Morgan fingerprint density at radius 2 is 2.55 bits per heavy atom. The van der Waals surface area contributed by atoms with Crippen molar-refractivity contribution in [2.24, 2.45) is 10.4 Å². The fourth-order valence-corrected chi connectivity index (χ4v) is 1.61. The highest BCUT2D eigenvalue weighted by Gasteiger charge is 2.49. The minimum atomic E-state index is -0.737. The SMILES string of the molecule is CC1(C2=NCCO2)CCC1F. The van der Waals surface area contributed by atoms with E-state index in [9.17, 15) is 4.39 Å². The average Bonchev–Trinajstić information content (AvgIpc) is 2.52. The second-order valence-corrected chi connectivity index (χ2v) is 3.46. The first kappa shape index (κ1) is 7.07. The molecule has 1 aliphatic heterocycles. The lowest BCUT2D eigenvalue weighted by molar-refractivity contribution is 0.0562. The molecule has 3 heteroatoms. The molecule has 2 nitrogen and oxygen atoms in total. The zero-order valence-electron chi connectivity index (χ0n) is 6.64. The third kappa shape index (κ3) is 0.865. The van der Waals surface area contributed by atoms with E-state index in [1.165, 1.54) is 0 Å². The Morgan fingerprint density at radius 1 is 1.73 bits per heavy atom. The third-order valence-electron chi connectivity index (χ3n) is 2.68. The van der Waals surface area contributed by atoms with Crippen LogP contribution in [-0.4, -0.2) is 25.2 Å². The largest absolute Gasteiger partial charge is 0.479 e. The van der Waals surface area contributed by atoms with Crippen LogP contribution in [0.5, 0.6) is 0 Å². The number of hydrogen-bond acceptors (Lipinski definition) is 2. The van der Waals surface area contributed by atoms with Crippen LogP contribution >= 0.6 is 0 Å². The van der Waals surface area contributed by atoms with E-state index in [1.54, 1.807) is 0 Å². The monoisotopic (exact) mass is 157 g/mol. The van der Waals surface area contributed by atoms with Crippen molar-refractivity contribution in [3.63, 3.8) is 0 Å². The summed E-state index contributed by atoms with van der Waals surface area (Å²) in [7, 11) is 0. The van der Waals surface area contributed by atoms with Crippen LogP contribution in [0, 0.1) is 5.41 Å². The van der Waals surface area contributed by atoms with Crippen molar-refractivity contribution >= 4 is 5.90 Å². The van der Waals surface area contributed by atoms with E-state index in [-0.39, 0.29) is 5.41 Å². The van der Waals surface area contributed by atoms with Gasteiger partial charge in [-0.1, -0.05) is 0 Å². The summed E-state index contributed by atoms with van der Waals surface area (Å²) in [5.74, 6) is 0.649. The fraction of sp³-hybridized carbons (Fsp3) is 0.875. The van der Waals surface area contributed by atoms with Crippen LogP contribution in [0.1, 0.15) is 19.8 Å². The minimum Gasteiger partial charge on any atom is -0.479 e. The van der Waals surface area contributed by atoms with E-state index in [0.717, 1.165) is 6.42 Å². The number of nitrogens with zero attached hydrogens (tertiary/aromatic N) is 1. The first-order valence-electron chi connectivity index (χ1n) is 4.05. The zero-order chi connectivity index (χ0) is 7.90. The Kier molecular flexibility index (Phi) is 1.41. The summed E-state index contributed by atoms with van der Waals surface area (Å²) in [6.45, 7) is 3.24. The molecule has 0 amide bonds. The highest BCUT2D eigenvalue weighted by atomic mass is 19.1. The van der Waals surface area contributed by atoms with Gasteiger partial charge in [-0.15, -0.1) is 0 Å². The predicted molar refractivity (Wildman–Crippen MR) is 40.5 cm³/mol. The second-order valence-electron chi connectivity index (χ2n) is 3.46. The maximum Gasteiger partial charge on any atom is 0.192 e. The van der Waals surface area contributed by atoms with Crippen LogP contribution < -0.4 is 0 Å². The van der Waals surface area contributed by atoms with Crippen LogP contribution in [0.3, 0.4) is 0 Å². The summed E-state index contributed by atoms with van der Waals surface area (Å²) >= 11 is 0. The molecule has 2 unspecified atom stereocenters. The Bertz CT molecular complexity index is 204. The standard InChI is InChI=1S/C8H12FNO/c1-8(3-2-6(8)9)7-10-4-5-11-7/h6H,2-5H2,1H3. The van der Waals surface area contributed by atoms with E-state index in [2.05, 4.69) is 4.99 Å². The van der Waals surface area contributed by atoms with Crippen LogP contribution in [-0.2, 0) is 4.74 Å². The molecule has 2 aliphatic rings. The molecule has 1 heterocycles. The number of alkyl halides is 1. The second kappa shape index (κ2) is 2.19. The lowest BCUT2D eigenvalue weighted by atomic mass is 9.68. The molecule has 1 aliphatic carbocycles. The van der Waals surface area contributed by atoms with Crippen molar-refractivity contribution in [2.45, 2.75) is 25.9 Å². The Labute approximate surface area is 65.5 Å². The van der Waals surface area contributed by atoms with Crippen molar-refractivity contribution in [3.05, 3.63) is 0 Å². The maximum atomic E-state index is 13.1. The van der Waals surface area contributed by atoms with E-state index in [4.69, 9.17) is 4.74 Å². The molecule has 0 aromatic rings. The number of ether oxygens (including phenoxy) is 1. The normalized spacial score (nSPS) is 42.7. The lowest BCUT2D eigenvalue weighted by Gasteiger charge is -2.40. The van der Waals surface area contributed by atoms with Crippen LogP contribution in [0.15, 0.2) is 4.99 Å². The number of aliphatic imine (C=N–C) groups is 1. The zero-order valence-corrected chi connectivity index (χ0v) is 6.64. The van der Waals surface area contributed by atoms with E-state index in [0.29, 0.717) is 25.5 Å². The summed E-state index contributed by atoms with van der Waals surface area (Å²) in [6.07, 6.45) is 0.811. The summed E-state index contributed by atoms with van der Waals surface area (Å²) < 4.78 is 18.3. The van der Waals surface area contributed by atoms with Crippen molar-refractivity contribution in [3.8, 4) is 0 Å². The van der Waals surface area contributed by atoms with Crippen molar-refractivity contribution in [2.75, 3.05) is 13.2 Å². The van der Waals surface area contributed by atoms with Gasteiger partial charge in [0, 0.05) is 0 Å². The summed E-state index contributed by atoms with van der Waals surface area (Å²) in [4.78, 5) is 4.13. The van der Waals surface area contributed by atoms with E-state index in [1.807, 2.05) is 6.92 Å². The molecule has 0 radical (unpaired) electrons. The third-order valence-corrected chi connectivity index (χ3v) is 2.68. The summed E-state index contributed by atoms with van der Waals surface area (Å²) in [5.41, 5.74) is -0.378. The van der Waals surface area contributed by atoms with Crippen molar-refractivity contribution in [1.29, 1.82) is 0 Å². The predicted octanol–water partition coefficient (Wildman–Crippen LogP) is 1.55. The highest BCUT2D eigenvalue weighted by Crippen LogP contribution is 2.45. The summed E-state index contributed by atoms with van der Waals surface area (Å²) in [5, 5.41) is 0. The molecule has 1 fully saturated rings. The van der Waals surface area contributed by atoms with Gasteiger partial charge in [0.1, 0.15) is 12.8 Å². The molecular weight excluding hydrogens is 145 g/mol. The van der Waals surface area contributed by atoms with Crippen molar-refractivity contribution in [1.82, 2.24) is 0 Å². The molecule has 11 heavy (non-hydrogen) atoms. The molecule has 0 aromatic heterocycles. The molecule has 1 saturated carbocycles. The Hall–Kier alpha value is -0.600. The van der Waals surface area contributed by atoms with Gasteiger partial charge in [-0.2, -0.15) is 0 Å². The highest BCUT2D eigenvalue weighted by molar-refractivity contribution is 5.85. The van der Waals surface area contributed by atoms with Gasteiger partial charge < -0.3 is 4.74 Å². The molecular formula is C8H12FNO. The minimum absolute atomic E-state index is 0.378. The van der Waals surface area contributed by atoms with Crippen LogP contribution in [0.2, 0.25) is 0 Å². The Morgan fingerprint density at radius 3 is 2.91 bits per heavy atom. The number of halogens is 1. The Balaban J connectivity index is 2.13. The molecule has 0 N–H and O–H groups in total. The van der Waals surface area contributed by atoms with E-state index < -0.39 is 6.17 Å². The molecule has 0 spiro atoms. The van der Waals surface area contributed by atoms with E-state index >= 15 is 0 Å². The first-order valence-corrected chi connectivity index (χ1v) is 4.05. The molecule has 2 atom stereocenters. The number of rotatable bonds is 1. The maximum absolute atomic E-state index is 13.1. The average molecular weight is 157 g/mol. The fourth-order valence-electron chi connectivity index (χ4n) is 1.61. The smallest absolute Gasteiger partial charge is 0.192 e. The topological polar surface area (TPSA) is 21.6 Å². The molecule has 0 bridgehead atoms. The van der Waals surface area contributed by atoms with Gasteiger partial charge >= 0.3 is 0 Å². The van der Waals surface area contributed by atoms with Gasteiger partial charge in [-0.3, -0.25) is 4.99 Å². The molecule has 0 aromatic carbocycles. The van der Waals surface area contributed by atoms with Gasteiger partial charge in [0.15, 0.2) is 5.90 Å².